The number of para-hydroxylation sites is 1. The van der Waals surface area contributed by atoms with Crippen LogP contribution < -0.4 is 0 Å². The standard InChI is InChI=1S/C24H15ClFN/c25-18-10-8-16(9-11-18)17-4-3-5-20(14-17)27-23-7-2-1-6-21(23)22-13-12-19(26)15-24(22)27/h1-15H. The average Bonchev–Trinajstić information content (AvgIpc) is 3.02. The second-order valence-corrected chi connectivity index (χ2v) is 7.01. The van der Waals surface area contributed by atoms with Crippen LogP contribution in [-0.4, -0.2) is 4.57 Å². The summed E-state index contributed by atoms with van der Waals surface area (Å²) in [6.45, 7) is 0. The molecule has 0 spiro atoms. The Labute approximate surface area is 161 Å². The van der Waals surface area contributed by atoms with Crippen LogP contribution in [0.3, 0.4) is 0 Å². The lowest BCUT2D eigenvalue weighted by Crippen LogP contribution is -1.94. The van der Waals surface area contributed by atoms with Gasteiger partial charge in [-0.05, 0) is 59.7 Å². The molecule has 1 nitrogen and oxygen atoms in total. The third kappa shape index (κ3) is 2.70. The first-order valence-electron chi connectivity index (χ1n) is 8.76. The molecule has 5 aromatic rings. The van der Waals surface area contributed by atoms with Crippen molar-refractivity contribution in [2.24, 2.45) is 0 Å². The zero-order chi connectivity index (χ0) is 18.4. The monoisotopic (exact) mass is 371 g/mol. The summed E-state index contributed by atoms with van der Waals surface area (Å²) in [4.78, 5) is 0. The van der Waals surface area contributed by atoms with Crippen LogP contribution >= 0.6 is 11.6 Å². The number of rotatable bonds is 2. The molecule has 1 heterocycles. The van der Waals surface area contributed by atoms with E-state index in [-0.39, 0.29) is 5.82 Å². The van der Waals surface area contributed by atoms with Crippen molar-refractivity contribution >= 4 is 33.4 Å². The van der Waals surface area contributed by atoms with Gasteiger partial charge in [0.15, 0.2) is 0 Å². The summed E-state index contributed by atoms with van der Waals surface area (Å²) in [5.41, 5.74) is 5.11. The molecule has 0 aliphatic heterocycles. The second-order valence-electron chi connectivity index (χ2n) is 6.57. The lowest BCUT2D eigenvalue weighted by atomic mass is 10.1. The molecule has 27 heavy (non-hydrogen) atoms. The highest BCUT2D eigenvalue weighted by atomic mass is 35.5. The molecule has 0 aliphatic rings. The molecular weight excluding hydrogens is 357 g/mol. The number of nitrogens with zero attached hydrogens (tertiary/aromatic N) is 1. The van der Waals surface area contributed by atoms with Crippen LogP contribution in [-0.2, 0) is 0 Å². The van der Waals surface area contributed by atoms with Crippen molar-refractivity contribution in [1.82, 2.24) is 4.57 Å². The zero-order valence-corrected chi connectivity index (χ0v) is 15.1. The van der Waals surface area contributed by atoms with Gasteiger partial charge in [0.25, 0.3) is 0 Å². The Morgan fingerprint density at radius 2 is 1.41 bits per heavy atom. The van der Waals surface area contributed by atoms with Gasteiger partial charge in [0.05, 0.1) is 11.0 Å². The summed E-state index contributed by atoms with van der Waals surface area (Å²) in [5, 5.41) is 2.88. The van der Waals surface area contributed by atoms with Crippen LogP contribution in [0.1, 0.15) is 0 Å². The predicted octanol–water partition coefficient (Wildman–Crippen LogP) is 7.24. The minimum atomic E-state index is -0.236. The summed E-state index contributed by atoms with van der Waals surface area (Å²) in [6.07, 6.45) is 0. The number of aromatic nitrogens is 1. The first kappa shape index (κ1) is 16.1. The minimum Gasteiger partial charge on any atom is -0.309 e. The Morgan fingerprint density at radius 1 is 0.630 bits per heavy atom. The maximum Gasteiger partial charge on any atom is 0.125 e. The van der Waals surface area contributed by atoms with E-state index in [1.54, 1.807) is 6.07 Å². The van der Waals surface area contributed by atoms with Gasteiger partial charge in [0.2, 0.25) is 0 Å². The smallest absolute Gasteiger partial charge is 0.125 e. The number of benzene rings is 4. The Hall–Kier alpha value is -3.10. The highest BCUT2D eigenvalue weighted by Crippen LogP contribution is 2.33. The van der Waals surface area contributed by atoms with Gasteiger partial charge >= 0.3 is 0 Å². The molecule has 4 aromatic carbocycles. The van der Waals surface area contributed by atoms with Gasteiger partial charge in [-0.15, -0.1) is 0 Å². The summed E-state index contributed by atoms with van der Waals surface area (Å²) in [5.74, 6) is -0.236. The molecule has 130 valence electrons. The molecule has 5 rings (SSSR count). The van der Waals surface area contributed by atoms with E-state index < -0.39 is 0 Å². The van der Waals surface area contributed by atoms with Gasteiger partial charge in [-0.3, -0.25) is 0 Å². The van der Waals surface area contributed by atoms with Crippen LogP contribution in [0.5, 0.6) is 0 Å². The van der Waals surface area contributed by atoms with E-state index in [0.29, 0.717) is 5.02 Å². The fourth-order valence-electron chi connectivity index (χ4n) is 3.69. The Bertz CT molecular complexity index is 1290. The SMILES string of the molecule is Fc1ccc2c3ccccc3n(-c3cccc(-c4ccc(Cl)cc4)c3)c2c1. The molecule has 0 unspecified atom stereocenters. The maximum absolute atomic E-state index is 14.0. The molecule has 1 aromatic heterocycles. The fraction of sp³-hybridized carbons (Fsp3) is 0. The van der Waals surface area contributed by atoms with E-state index in [9.17, 15) is 4.39 Å². The molecule has 0 saturated heterocycles. The van der Waals surface area contributed by atoms with Crippen molar-refractivity contribution < 1.29 is 4.39 Å². The fourth-order valence-corrected chi connectivity index (χ4v) is 3.81. The number of halogens is 2. The first-order chi connectivity index (χ1) is 13.2. The molecule has 0 aliphatic carbocycles. The van der Waals surface area contributed by atoms with Crippen molar-refractivity contribution in [3.8, 4) is 16.8 Å². The second kappa shape index (κ2) is 6.26. The average molecular weight is 372 g/mol. The third-order valence-corrected chi connectivity index (χ3v) is 5.17. The maximum atomic E-state index is 14.0. The summed E-state index contributed by atoms with van der Waals surface area (Å²) >= 11 is 6.02. The molecule has 0 N–H and O–H groups in total. The topological polar surface area (TPSA) is 4.93 Å². The van der Waals surface area contributed by atoms with Gasteiger partial charge in [-0.2, -0.15) is 0 Å². The predicted molar refractivity (Wildman–Crippen MR) is 111 cm³/mol. The number of hydrogen-bond donors (Lipinski definition) is 0. The van der Waals surface area contributed by atoms with Crippen molar-refractivity contribution in [3.63, 3.8) is 0 Å². The van der Waals surface area contributed by atoms with Crippen LogP contribution in [0.25, 0.3) is 38.6 Å². The van der Waals surface area contributed by atoms with Crippen molar-refractivity contribution in [3.05, 3.63) is 102 Å². The summed E-state index contributed by atoms with van der Waals surface area (Å²) in [6, 6.07) is 29.2. The minimum absolute atomic E-state index is 0.236. The Kier molecular flexibility index (Phi) is 3.73. The van der Waals surface area contributed by atoms with Crippen LogP contribution in [0, 0.1) is 5.82 Å². The zero-order valence-electron chi connectivity index (χ0n) is 14.4. The largest absolute Gasteiger partial charge is 0.309 e. The molecule has 0 bridgehead atoms. The van der Waals surface area contributed by atoms with Crippen LogP contribution in [0.2, 0.25) is 5.02 Å². The van der Waals surface area contributed by atoms with Gasteiger partial charge in [0.1, 0.15) is 5.82 Å². The van der Waals surface area contributed by atoms with Crippen LogP contribution in [0.4, 0.5) is 4.39 Å². The van der Waals surface area contributed by atoms with E-state index in [1.165, 1.54) is 6.07 Å². The van der Waals surface area contributed by atoms with Crippen molar-refractivity contribution in [1.29, 1.82) is 0 Å². The first-order valence-corrected chi connectivity index (χ1v) is 9.13. The lowest BCUT2D eigenvalue weighted by molar-refractivity contribution is 0.629. The normalized spacial score (nSPS) is 11.3. The van der Waals surface area contributed by atoms with Gasteiger partial charge in [0, 0.05) is 21.5 Å². The van der Waals surface area contributed by atoms with E-state index in [0.717, 1.165) is 38.6 Å². The summed E-state index contributed by atoms with van der Waals surface area (Å²) in [7, 11) is 0. The van der Waals surface area contributed by atoms with E-state index in [1.807, 2.05) is 48.5 Å². The molecular formula is C24H15ClFN. The van der Waals surface area contributed by atoms with E-state index in [2.05, 4.69) is 34.9 Å². The summed E-state index contributed by atoms with van der Waals surface area (Å²) < 4.78 is 16.1. The number of fused-ring (bicyclic) bond motifs is 3. The molecule has 0 saturated carbocycles. The highest BCUT2D eigenvalue weighted by Gasteiger charge is 2.13. The Morgan fingerprint density at radius 3 is 2.26 bits per heavy atom. The van der Waals surface area contributed by atoms with Crippen molar-refractivity contribution in [2.75, 3.05) is 0 Å². The van der Waals surface area contributed by atoms with Crippen LogP contribution in [0.15, 0.2) is 91.0 Å². The molecule has 0 amide bonds. The van der Waals surface area contributed by atoms with E-state index >= 15 is 0 Å². The van der Waals surface area contributed by atoms with Gasteiger partial charge in [-0.25, -0.2) is 4.39 Å². The molecule has 0 atom stereocenters. The molecule has 3 heteroatoms. The third-order valence-electron chi connectivity index (χ3n) is 4.92. The molecule has 0 fully saturated rings. The number of hydrogen-bond acceptors (Lipinski definition) is 0. The lowest BCUT2D eigenvalue weighted by Gasteiger charge is -2.10. The van der Waals surface area contributed by atoms with E-state index in [4.69, 9.17) is 11.6 Å². The Balaban J connectivity index is 1.79. The van der Waals surface area contributed by atoms with Gasteiger partial charge < -0.3 is 4.57 Å². The molecule has 0 radical (unpaired) electrons. The van der Waals surface area contributed by atoms with Gasteiger partial charge in [-0.1, -0.05) is 54.1 Å². The van der Waals surface area contributed by atoms with Crippen molar-refractivity contribution in [2.45, 2.75) is 0 Å². The highest BCUT2D eigenvalue weighted by molar-refractivity contribution is 6.30. The quantitative estimate of drug-likeness (QED) is 0.308.